The first kappa shape index (κ1) is 41.7. The van der Waals surface area contributed by atoms with E-state index in [0.717, 1.165) is 67.1 Å². The van der Waals surface area contributed by atoms with Crippen LogP contribution in [0.15, 0.2) is 60.7 Å². The highest BCUT2D eigenvalue weighted by Crippen LogP contribution is 2.42. The van der Waals surface area contributed by atoms with E-state index in [0.29, 0.717) is 75.1 Å². The van der Waals surface area contributed by atoms with Crippen molar-refractivity contribution < 1.29 is 41.1 Å². The molecule has 2 N–H and O–H groups in total. The molecule has 55 heavy (non-hydrogen) atoms. The zero-order valence-electron chi connectivity index (χ0n) is 32.4. The van der Waals surface area contributed by atoms with Crippen LogP contribution >= 0.6 is 0 Å². The first-order valence-corrected chi connectivity index (χ1v) is 20.5. The Morgan fingerprint density at radius 3 is 2.27 bits per heavy atom. The van der Waals surface area contributed by atoms with Crippen molar-refractivity contribution in [2.75, 3.05) is 72.3 Å². The lowest BCUT2D eigenvalue weighted by molar-refractivity contribution is -0.137. The number of benzene rings is 3. The minimum atomic E-state index is -3.67. The number of anilines is 1. The second-order valence-electron chi connectivity index (χ2n) is 14.1. The number of hydrogen-bond acceptors (Lipinski definition) is 10. The largest absolute Gasteiger partial charge is 0.493 e. The molecule has 6 rings (SSSR count). The van der Waals surface area contributed by atoms with Crippen LogP contribution < -0.4 is 19.5 Å². The molecule has 1 unspecified atom stereocenters. The number of carbonyl (C=O) groups excluding carboxylic acids is 1. The third kappa shape index (κ3) is 11.1. The summed E-state index contributed by atoms with van der Waals surface area (Å²) in [6.45, 7) is 7.79. The molecule has 0 saturated carbocycles. The quantitative estimate of drug-likeness (QED) is 0.107. The first-order chi connectivity index (χ1) is 26.4. The Bertz CT molecular complexity index is 1970. The van der Waals surface area contributed by atoms with Gasteiger partial charge in [-0.3, -0.25) is 9.35 Å². The predicted octanol–water partition coefficient (Wildman–Crippen LogP) is 5.67. The second kappa shape index (κ2) is 18.9. The number of rotatable bonds is 16. The number of fused-ring (bicyclic) bond motifs is 1. The molecule has 2 aliphatic rings. The van der Waals surface area contributed by atoms with Gasteiger partial charge in [-0.1, -0.05) is 24.3 Å². The molecule has 0 spiro atoms. The number of nitrogens with one attached hydrogen (secondary N) is 1. The number of ether oxygens (including phenoxy) is 4. The lowest BCUT2D eigenvalue weighted by atomic mass is 9.77. The van der Waals surface area contributed by atoms with Gasteiger partial charge >= 0.3 is 0 Å². The van der Waals surface area contributed by atoms with Crippen LogP contribution in [-0.2, 0) is 39.2 Å². The highest BCUT2D eigenvalue weighted by Gasteiger charge is 2.46. The van der Waals surface area contributed by atoms with Crippen molar-refractivity contribution in [3.8, 4) is 17.2 Å². The van der Waals surface area contributed by atoms with Crippen molar-refractivity contribution in [3.63, 3.8) is 0 Å². The predicted molar refractivity (Wildman–Crippen MR) is 210 cm³/mol. The van der Waals surface area contributed by atoms with Crippen LogP contribution in [0.3, 0.4) is 0 Å². The summed E-state index contributed by atoms with van der Waals surface area (Å²) >= 11 is 0. The fraction of sp³-hybridized carbons (Fsp3) is 0.500. The van der Waals surface area contributed by atoms with Gasteiger partial charge in [0.2, 0.25) is 17.6 Å². The van der Waals surface area contributed by atoms with Gasteiger partial charge in [-0.05, 0) is 93.1 Å². The van der Waals surface area contributed by atoms with E-state index < -0.39 is 15.5 Å². The standard InChI is InChI=1S/C39H50FN5O5.CH4O3S/c1-5-50-22-21-45-33-12-7-6-11-32(33)42-38(45)41-31-13-17-43(18-14-31)19-15-39(26-28-9-8-10-30(40)23-28)16-20-44(37(39)46)27-29-24-34(47-2)36(49-4)35(25-29)48-3;1-5(2,3)4/h6-12,23-25,31H,5,13-22,26-27H2,1-4H3,(H,41,42);1H3,(H,2,3,4). The molecule has 0 aliphatic carbocycles. The van der Waals surface area contributed by atoms with E-state index in [9.17, 15) is 17.6 Å². The van der Waals surface area contributed by atoms with Gasteiger partial charge in [0.15, 0.2) is 11.5 Å². The summed E-state index contributed by atoms with van der Waals surface area (Å²) < 4.78 is 64.7. The fourth-order valence-electron chi connectivity index (χ4n) is 7.58. The number of likely N-dealkylation sites (tertiary alicyclic amines) is 2. The Hall–Kier alpha value is -4.44. The number of carbonyl (C=O) groups is 1. The third-order valence-electron chi connectivity index (χ3n) is 10.3. The molecule has 3 heterocycles. The lowest BCUT2D eigenvalue weighted by Gasteiger charge is -2.35. The Morgan fingerprint density at radius 1 is 0.945 bits per heavy atom. The molecule has 2 saturated heterocycles. The van der Waals surface area contributed by atoms with Crippen molar-refractivity contribution in [1.29, 1.82) is 0 Å². The molecule has 1 atom stereocenters. The number of aromatic nitrogens is 2. The van der Waals surface area contributed by atoms with Crippen LogP contribution in [0.5, 0.6) is 17.2 Å². The summed E-state index contributed by atoms with van der Waals surface area (Å²) in [5.74, 6) is 2.35. The number of nitrogens with zero attached hydrogens (tertiary/aromatic N) is 4. The minimum Gasteiger partial charge on any atom is -0.493 e. The Morgan fingerprint density at radius 2 is 1.64 bits per heavy atom. The molecule has 0 bridgehead atoms. The van der Waals surface area contributed by atoms with E-state index in [-0.39, 0.29) is 11.7 Å². The van der Waals surface area contributed by atoms with Gasteiger partial charge in [0.05, 0.1) is 50.6 Å². The van der Waals surface area contributed by atoms with Gasteiger partial charge in [0.25, 0.3) is 10.1 Å². The summed E-state index contributed by atoms with van der Waals surface area (Å²) in [5.41, 5.74) is 3.22. The third-order valence-corrected chi connectivity index (χ3v) is 10.3. The zero-order valence-corrected chi connectivity index (χ0v) is 33.2. The monoisotopic (exact) mass is 783 g/mol. The van der Waals surface area contributed by atoms with Crippen LogP contribution in [0.2, 0.25) is 0 Å². The zero-order chi connectivity index (χ0) is 39.6. The molecular formula is C40H54FN5O8S. The average Bonchev–Trinajstić information content (AvgIpc) is 3.65. The summed E-state index contributed by atoms with van der Waals surface area (Å²) in [6.07, 6.45) is 4.60. The van der Waals surface area contributed by atoms with E-state index in [4.69, 9.17) is 28.5 Å². The minimum absolute atomic E-state index is 0.109. The highest BCUT2D eigenvalue weighted by molar-refractivity contribution is 7.85. The maximum Gasteiger partial charge on any atom is 0.261 e. The average molecular weight is 784 g/mol. The smallest absolute Gasteiger partial charge is 0.261 e. The van der Waals surface area contributed by atoms with E-state index in [1.807, 2.05) is 42.2 Å². The van der Waals surface area contributed by atoms with Crippen LogP contribution in [0.1, 0.15) is 43.7 Å². The second-order valence-corrected chi connectivity index (χ2v) is 15.6. The van der Waals surface area contributed by atoms with Crippen LogP contribution in [-0.4, -0.2) is 111 Å². The van der Waals surface area contributed by atoms with Crippen molar-refractivity contribution >= 4 is 33.0 Å². The number of amides is 1. The van der Waals surface area contributed by atoms with E-state index in [2.05, 4.69) is 26.9 Å². The van der Waals surface area contributed by atoms with Crippen molar-refractivity contribution in [2.45, 2.75) is 58.2 Å². The Balaban J connectivity index is 0.00000109. The van der Waals surface area contributed by atoms with Crippen molar-refractivity contribution in [1.82, 2.24) is 19.4 Å². The van der Waals surface area contributed by atoms with E-state index in [1.54, 1.807) is 33.5 Å². The summed E-state index contributed by atoms with van der Waals surface area (Å²) in [7, 11) is 1.09. The number of methoxy groups -OCH3 is 3. The van der Waals surface area contributed by atoms with Crippen LogP contribution in [0.25, 0.3) is 11.0 Å². The number of hydrogen-bond donors (Lipinski definition) is 2. The van der Waals surface area contributed by atoms with Gasteiger partial charge in [-0.2, -0.15) is 8.42 Å². The molecule has 15 heteroatoms. The van der Waals surface area contributed by atoms with Gasteiger partial charge in [0, 0.05) is 45.4 Å². The fourth-order valence-corrected chi connectivity index (χ4v) is 7.58. The summed E-state index contributed by atoms with van der Waals surface area (Å²) in [6, 6.07) is 19.0. The maximum absolute atomic E-state index is 14.4. The van der Waals surface area contributed by atoms with E-state index in [1.165, 1.54) is 6.07 Å². The molecule has 0 radical (unpaired) electrons. The van der Waals surface area contributed by atoms with Gasteiger partial charge in [-0.15, -0.1) is 0 Å². The summed E-state index contributed by atoms with van der Waals surface area (Å²) in [4.78, 5) is 23.7. The maximum atomic E-state index is 14.4. The van der Waals surface area contributed by atoms with Crippen LogP contribution in [0.4, 0.5) is 10.3 Å². The topological polar surface area (TPSA) is 145 Å². The van der Waals surface area contributed by atoms with Gasteiger partial charge in [0.1, 0.15) is 5.82 Å². The van der Waals surface area contributed by atoms with Crippen LogP contribution in [0, 0.1) is 11.2 Å². The molecule has 4 aromatic rings. The number of para-hydroxylation sites is 2. The molecule has 2 fully saturated rings. The summed E-state index contributed by atoms with van der Waals surface area (Å²) in [5, 5.41) is 3.74. The Kier molecular flexibility index (Phi) is 14.4. The molecule has 2 aliphatic heterocycles. The Labute approximate surface area is 323 Å². The van der Waals surface area contributed by atoms with Gasteiger partial charge in [-0.25, -0.2) is 9.37 Å². The van der Waals surface area contributed by atoms with Crippen molar-refractivity contribution in [3.05, 3.63) is 77.6 Å². The molecule has 13 nitrogen and oxygen atoms in total. The normalized spacial score (nSPS) is 17.9. The molecular weight excluding hydrogens is 730 g/mol. The van der Waals surface area contributed by atoms with E-state index >= 15 is 0 Å². The number of imidazole rings is 1. The lowest BCUT2D eigenvalue weighted by Crippen LogP contribution is -2.43. The van der Waals surface area contributed by atoms with Gasteiger partial charge < -0.3 is 38.6 Å². The number of halogens is 1. The first-order valence-electron chi connectivity index (χ1n) is 18.6. The molecule has 1 amide bonds. The van der Waals surface area contributed by atoms with Crippen molar-refractivity contribution in [2.24, 2.45) is 5.41 Å². The molecule has 300 valence electrons. The molecule has 1 aromatic heterocycles. The highest BCUT2D eigenvalue weighted by atomic mass is 32.2. The SMILES string of the molecule is CCOCCn1c(NC2CCN(CCC3(Cc4cccc(F)c4)CCN(Cc4cc(OC)c(OC)c(OC)c4)C3=O)CC2)nc2ccccc21.CS(=O)(=O)O. The molecule has 3 aromatic carbocycles. The number of piperidine rings is 1.